The molecule has 0 spiro atoms. The number of aromatic nitrogens is 1. The number of benzene rings is 2. The van der Waals surface area contributed by atoms with Gasteiger partial charge in [-0.05, 0) is 42.8 Å². The molecule has 1 saturated heterocycles. The topological polar surface area (TPSA) is 118 Å². The number of ether oxygens (including phenoxy) is 3. The molecule has 1 fully saturated rings. The van der Waals surface area contributed by atoms with Crippen molar-refractivity contribution >= 4 is 45.6 Å². The minimum absolute atomic E-state index is 0.0176. The van der Waals surface area contributed by atoms with Crippen LogP contribution in [0.4, 0.5) is 10.8 Å². The summed E-state index contributed by atoms with van der Waals surface area (Å²) in [5.74, 6) is -1.78. The maximum absolute atomic E-state index is 13.5. The number of hydrogen-bond donors (Lipinski definition) is 1. The van der Waals surface area contributed by atoms with E-state index in [1.807, 2.05) is 31.1 Å². The Morgan fingerprint density at radius 3 is 2.55 bits per heavy atom. The SMILES string of the molecule is C=CCOC(=O)c1sc(N2C(=O)C(=O)C(=C(O)c3ccc4c(c3)OCCO4)C2c2ccc(N(C)C)cc2)nc1C. The molecule has 3 aromatic rings. The van der Waals surface area contributed by atoms with Crippen molar-refractivity contribution in [1.82, 2.24) is 4.98 Å². The first kappa shape index (κ1) is 26.9. The first-order valence-electron chi connectivity index (χ1n) is 12.4. The molecule has 3 heterocycles. The Bertz CT molecular complexity index is 1540. The number of hydrogen-bond acceptors (Lipinski definition) is 10. The third-order valence-corrected chi connectivity index (χ3v) is 7.63. The Morgan fingerprint density at radius 2 is 1.88 bits per heavy atom. The molecule has 0 radical (unpaired) electrons. The van der Waals surface area contributed by atoms with E-state index in [4.69, 9.17) is 14.2 Å². The fourth-order valence-corrected chi connectivity index (χ4v) is 5.51. The van der Waals surface area contributed by atoms with Crippen LogP contribution >= 0.6 is 11.3 Å². The average Bonchev–Trinajstić information content (AvgIpc) is 3.47. The van der Waals surface area contributed by atoms with Crippen LogP contribution in [0.5, 0.6) is 11.5 Å². The maximum atomic E-state index is 13.5. The number of amides is 1. The summed E-state index contributed by atoms with van der Waals surface area (Å²) in [6.45, 7) is 5.94. The number of aliphatic hydroxyl groups excluding tert-OH is 1. The van der Waals surface area contributed by atoms with E-state index in [0.717, 1.165) is 17.0 Å². The molecule has 0 bridgehead atoms. The summed E-state index contributed by atoms with van der Waals surface area (Å²) in [7, 11) is 3.79. The molecule has 1 aromatic heterocycles. The lowest BCUT2D eigenvalue weighted by molar-refractivity contribution is -0.132. The van der Waals surface area contributed by atoms with Crippen LogP contribution in [0.15, 0.2) is 60.7 Å². The van der Waals surface area contributed by atoms with Gasteiger partial charge < -0.3 is 24.2 Å². The summed E-state index contributed by atoms with van der Waals surface area (Å²) in [4.78, 5) is 47.4. The number of rotatable bonds is 7. The summed E-state index contributed by atoms with van der Waals surface area (Å²) in [5, 5.41) is 11.6. The molecule has 206 valence electrons. The number of nitrogens with zero attached hydrogens (tertiary/aromatic N) is 3. The van der Waals surface area contributed by atoms with E-state index in [0.29, 0.717) is 41.5 Å². The highest BCUT2D eigenvalue weighted by Crippen LogP contribution is 2.45. The molecule has 0 aliphatic carbocycles. The lowest BCUT2D eigenvalue weighted by atomic mass is 9.95. The largest absolute Gasteiger partial charge is 0.507 e. The number of Topliss-reactive ketones (excluding diaryl/α,β-unsaturated/α-hetero) is 1. The Morgan fingerprint density at radius 1 is 1.18 bits per heavy atom. The Kier molecular flexibility index (Phi) is 7.31. The van der Waals surface area contributed by atoms with Gasteiger partial charge in [-0.3, -0.25) is 14.5 Å². The minimum Gasteiger partial charge on any atom is -0.507 e. The van der Waals surface area contributed by atoms with E-state index < -0.39 is 23.7 Å². The molecule has 2 aliphatic heterocycles. The Balaban J connectivity index is 1.65. The number of esters is 1. The van der Waals surface area contributed by atoms with E-state index in [-0.39, 0.29) is 27.9 Å². The van der Waals surface area contributed by atoms with Crippen molar-refractivity contribution in [3.8, 4) is 11.5 Å². The van der Waals surface area contributed by atoms with Gasteiger partial charge in [0.1, 0.15) is 30.5 Å². The molecular formula is C29H27N3O7S. The second-order valence-electron chi connectivity index (χ2n) is 9.31. The zero-order chi connectivity index (χ0) is 28.6. The second-order valence-corrected chi connectivity index (χ2v) is 10.3. The summed E-state index contributed by atoms with van der Waals surface area (Å²) in [6, 6.07) is 11.1. The van der Waals surface area contributed by atoms with Crippen LogP contribution in [0.1, 0.15) is 32.5 Å². The number of thiazole rings is 1. The number of aliphatic hydroxyl groups is 1. The summed E-state index contributed by atoms with van der Waals surface area (Å²) >= 11 is 0.940. The highest BCUT2D eigenvalue weighted by molar-refractivity contribution is 7.17. The van der Waals surface area contributed by atoms with Gasteiger partial charge in [-0.2, -0.15) is 0 Å². The van der Waals surface area contributed by atoms with Gasteiger partial charge in [0, 0.05) is 25.3 Å². The first-order chi connectivity index (χ1) is 19.2. The Labute approximate surface area is 234 Å². The molecule has 1 atom stereocenters. The van der Waals surface area contributed by atoms with Crippen LogP contribution in [0, 0.1) is 6.92 Å². The van der Waals surface area contributed by atoms with Gasteiger partial charge in [-0.1, -0.05) is 36.1 Å². The summed E-state index contributed by atoms with van der Waals surface area (Å²) in [6.07, 6.45) is 1.45. The van der Waals surface area contributed by atoms with Gasteiger partial charge in [0.15, 0.2) is 16.6 Å². The molecule has 2 aliphatic rings. The molecule has 5 rings (SSSR count). The normalized spacial score (nSPS) is 17.6. The number of anilines is 2. The van der Waals surface area contributed by atoms with Gasteiger partial charge >= 0.3 is 11.9 Å². The van der Waals surface area contributed by atoms with Crippen molar-refractivity contribution < 1.29 is 33.7 Å². The van der Waals surface area contributed by atoms with Crippen LogP contribution in [0.2, 0.25) is 0 Å². The molecule has 40 heavy (non-hydrogen) atoms. The number of ketones is 1. The Hall–Kier alpha value is -4.64. The highest BCUT2D eigenvalue weighted by Gasteiger charge is 2.48. The standard InChI is InChI=1S/C29H27N3O7S/c1-5-12-39-28(36)26-16(2)30-29(40-26)32-23(17-6-9-19(10-7-17)31(3)4)22(25(34)27(32)35)24(33)18-8-11-20-21(15-18)38-14-13-37-20/h5-11,15,23,33H,1,12-14H2,2-4H3. The molecular weight excluding hydrogens is 534 g/mol. The van der Waals surface area contributed by atoms with Gasteiger partial charge in [-0.15, -0.1) is 0 Å². The molecule has 2 aromatic carbocycles. The number of fused-ring (bicyclic) bond motifs is 1. The molecule has 1 N–H and O–H groups in total. The van der Waals surface area contributed by atoms with Crippen molar-refractivity contribution in [2.24, 2.45) is 0 Å². The predicted molar refractivity (Wildman–Crippen MR) is 150 cm³/mol. The van der Waals surface area contributed by atoms with Crippen LogP contribution in [0.25, 0.3) is 5.76 Å². The number of carbonyl (C=O) groups is 3. The third kappa shape index (κ3) is 4.79. The van der Waals surface area contributed by atoms with Crippen molar-refractivity contribution in [3.63, 3.8) is 0 Å². The molecule has 1 amide bonds. The summed E-state index contributed by atoms with van der Waals surface area (Å²) in [5.41, 5.74) is 2.02. The van der Waals surface area contributed by atoms with E-state index >= 15 is 0 Å². The first-order valence-corrected chi connectivity index (χ1v) is 13.3. The van der Waals surface area contributed by atoms with E-state index in [9.17, 15) is 19.5 Å². The maximum Gasteiger partial charge on any atom is 0.350 e. The van der Waals surface area contributed by atoms with Crippen molar-refractivity contribution in [3.05, 3.63) is 82.4 Å². The van der Waals surface area contributed by atoms with Gasteiger partial charge in [-0.25, -0.2) is 9.78 Å². The lowest BCUT2D eigenvalue weighted by Gasteiger charge is -2.24. The quantitative estimate of drug-likeness (QED) is 0.148. The van der Waals surface area contributed by atoms with E-state index in [1.54, 1.807) is 37.3 Å². The van der Waals surface area contributed by atoms with Gasteiger partial charge in [0.25, 0.3) is 5.78 Å². The smallest absolute Gasteiger partial charge is 0.350 e. The van der Waals surface area contributed by atoms with Crippen LogP contribution in [0.3, 0.4) is 0 Å². The van der Waals surface area contributed by atoms with E-state index in [1.165, 1.54) is 11.0 Å². The van der Waals surface area contributed by atoms with Crippen molar-refractivity contribution in [2.45, 2.75) is 13.0 Å². The second kappa shape index (κ2) is 10.9. The zero-order valence-corrected chi connectivity index (χ0v) is 23.0. The molecule has 10 nitrogen and oxygen atoms in total. The minimum atomic E-state index is -1.01. The molecule has 1 unspecified atom stereocenters. The monoisotopic (exact) mass is 561 g/mol. The fourth-order valence-electron chi connectivity index (χ4n) is 4.52. The van der Waals surface area contributed by atoms with Crippen LogP contribution in [-0.4, -0.2) is 61.7 Å². The van der Waals surface area contributed by atoms with Crippen LogP contribution in [-0.2, 0) is 14.3 Å². The van der Waals surface area contributed by atoms with E-state index in [2.05, 4.69) is 11.6 Å². The van der Waals surface area contributed by atoms with Crippen LogP contribution < -0.4 is 19.3 Å². The van der Waals surface area contributed by atoms with Gasteiger partial charge in [0.05, 0.1) is 17.3 Å². The average molecular weight is 562 g/mol. The molecule has 11 heteroatoms. The number of carbonyl (C=O) groups excluding carboxylic acids is 3. The lowest BCUT2D eigenvalue weighted by Crippen LogP contribution is -2.29. The highest BCUT2D eigenvalue weighted by atomic mass is 32.1. The molecule has 0 saturated carbocycles. The summed E-state index contributed by atoms with van der Waals surface area (Å²) < 4.78 is 16.4. The van der Waals surface area contributed by atoms with Crippen molar-refractivity contribution in [1.29, 1.82) is 0 Å². The predicted octanol–water partition coefficient (Wildman–Crippen LogP) is 4.26. The fraction of sp³-hybridized carbons (Fsp3) is 0.241. The third-order valence-electron chi connectivity index (χ3n) is 6.49. The van der Waals surface area contributed by atoms with Gasteiger partial charge in [0.2, 0.25) is 0 Å². The zero-order valence-electron chi connectivity index (χ0n) is 22.2. The number of aryl methyl sites for hydroxylation is 1. The van der Waals surface area contributed by atoms with Crippen molar-refractivity contribution in [2.75, 3.05) is 43.7 Å².